The molecule has 0 spiro atoms. The second-order valence-corrected chi connectivity index (χ2v) is 13.7. The number of halogens is 14. The average molecular weight is 1020 g/mol. The number of hydrogen-bond donors (Lipinski definition) is 1. The number of aromatic nitrogens is 8. The first-order valence-electron chi connectivity index (χ1n) is 15.2. The van der Waals surface area contributed by atoms with Crippen molar-refractivity contribution in [3.8, 4) is 11.4 Å². The fourth-order valence-corrected chi connectivity index (χ4v) is 6.41. The van der Waals surface area contributed by atoms with Crippen LogP contribution in [0.1, 0.15) is 40.0 Å². The van der Waals surface area contributed by atoms with Crippen molar-refractivity contribution in [3.05, 3.63) is 126 Å². The van der Waals surface area contributed by atoms with Gasteiger partial charge in [0.15, 0.2) is 11.4 Å². The lowest BCUT2D eigenvalue weighted by atomic mass is 10.1. The van der Waals surface area contributed by atoms with Crippen molar-refractivity contribution in [2.24, 2.45) is 0 Å². The quantitative estimate of drug-likeness (QED) is 0.110. The molecule has 4 heterocycles. The molecule has 0 bridgehead atoms. The first-order valence-corrected chi connectivity index (χ1v) is 17.4. The third-order valence-corrected chi connectivity index (χ3v) is 9.08. The molecular formula is C32H22F12I2N8O. The summed E-state index contributed by atoms with van der Waals surface area (Å²) in [5, 5.41) is 25.1. The maximum absolute atomic E-state index is 13.4. The van der Waals surface area contributed by atoms with Crippen LogP contribution in [0.4, 0.5) is 52.7 Å². The van der Waals surface area contributed by atoms with Crippen molar-refractivity contribution in [3.63, 3.8) is 0 Å². The summed E-state index contributed by atoms with van der Waals surface area (Å²) in [4.78, 5) is 0. The fourth-order valence-electron chi connectivity index (χ4n) is 5.00. The van der Waals surface area contributed by atoms with E-state index < -0.39 is 67.4 Å². The van der Waals surface area contributed by atoms with Gasteiger partial charge in [0.1, 0.15) is 30.8 Å². The van der Waals surface area contributed by atoms with E-state index in [0.717, 1.165) is 55.4 Å². The molecule has 6 aromatic rings. The van der Waals surface area contributed by atoms with Crippen LogP contribution in [0.5, 0.6) is 0 Å². The number of nitrogens with zero attached hydrogens (tertiary/aromatic N) is 8. The average Bonchev–Trinajstić information content (AvgIpc) is 3.88. The minimum absolute atomic E-state index is 0.00708. The first-order chi connectivity index (χ1) is 25.7. The van der Waals surface area contributed by atoms with E-state index in [-0.39, 0.29) is 38.3 Å². The molecule has 55 heavy (non-hydrogen) atoms. The van der Waals surface area contributed by atoms with Gasteiger partial charge in [0.25, 0.3) is 12.9 Å². The van der Waals surface area contributed by atoms with Crippen molar-refractivity contribution in [2.45, 2.75) is 50.8 Å². The second kappa shape index (κ2) is 16.9. The van der Waals surface area contributed by atoms with E-state index >= 15 is 0 Å². The fraction of sp³-hybridized carbons (Fsp3) is 0.250. The van der Waals surface area contributed by atoms with Crippen molar-refractivity contribution in [2.75, 3.05) is 0 Å². The standard InChI is InChI=1S/C16H11F6IN4O.C16H11F6IN4/c17-9-1-2-11(10(23)3-9)27-12(4-13(25-27)16(20,21)22)15(28)8-5-24-26(6-8)7-14(18)19;17-10-1-2-13(12(23)4-10)27-11(5-14(25-27)16(20,21)22)3-9-6-24-26(7-9)8-15(18)19/h1-6,14-15,28H,7H2;1-2,4-7,15H,3,8H2. The highest BCUT2D eigenvalue weighted by atomic mass is 127. The Morgan fingerprint density at radius 3 is 1.67 bits per heavy atom. The summed E-state index contributed by atoms with van der Waals surface area (Å²) in [5.41, 5.74) is -1.61. The summed E-state index contributed by atoms with van der Waals surface area (Å²) < 4.78 is 160. The Labute approximate surface area is 328 Å². The maximum Gasteiger partial charge on any atom is 0.435 e. The highest BCUT2D eigenvalue weighted by molar-refractivity contribution is 14.1. The van der Waals surface area contributed by atoms with Crippen molar-refractivity contribution in [1.82, 2.24) is 39.1 Å². The van der Waals surface area contributed by atoms with Crippen LogP contribution < -0.4 is 0 Å². The third kappa shape index (κ3) is 10.6. The largest absolute Gasteiger partial charge is 0.435 e. The van der Waals surface area contributed by atoms with E-state index in [4.69, 9.17) is 0 Å². The number of aliphatic hydroxyl groups is 1. The lowest BCUT2D eigenvalue weighted by Gasteiger charge is -2.13. The van der Waals surface area contributed by atoms with Crippen LogP contribution in [-0.2, 0) is 31.9 Å². The molecule has 2 aromatic carbocycles. The zero-order chi connectivity index (χ0) is 40.4. The Hall–Kier alpha value is -4.14. The Bertz CT molecular complexity index is 2240. The number of benzene rings is 2. The number of rotatable bonds is 10. The number of alkyl halides is 10. The van der Waals surface area contributed by atoms with E-state index in [1.165, 1.54) is 30.6 Å². The van der Waals surface area contributed by atoms with Crippen LogP contribution in [-0.4, -0.2) is 57.1 Å². The molecule has 1 N–H and O–H groups in total. The molecule has 0 saturated carbocycles. The molecule has 294 valence electrons. The van der Waals surface area contributed by atoms with Gasteiger partial charge in [0.2, 0.25) is 0 Å². The molecule has 1 unspecified atom stereocenters. The minimum Gasteiger partial charge on any atom is -0.382 e. The van der Waals surface area contributed by atoms with Gasteiger partial charge in [-0.3, -0.25) is 9.36 Å². The zero-order valence-corrected chi connectivity index (χ0v) is 31.4. The van der Waals surface area contributed by atoms with Crippen LogP contribution in [0.2, 0.25) is 0 Å². The highest BCUT2D eigenvalue weighted by Crippen LogP contribution is 2.35. The van der Waals surface area contributed by atoms with E-state index in [9.17, 15) is 57.8 Å². The molecule has 6 rings (SSSR count). The van der Waals surface area contributed by atoms with E-state index in [1.54, 1.807) is 45.2 Å². The van der Waals surface area contributed by atoms with Crippen molar-refractivity contribution in [1.29, 1.82) is 0 Å². The predicted molar refractivity (Wildman–Crippen MR) is 186 cm³/mol. The van der Waals surface area contributed by atoms with Crippen molar-refractivity contribution >= 4 is 45.2 Å². The van der Waals surface area contributed by atoms with Gasteiger partial charge < -0.3 is 5.11 Å². The van der Waals surface area contributed by atoms with Crippen LogP contribution in [0.3, 0.4) is 0 Å². The molecule has 1 atom stereocenters. The monoisotopic (exact) mass is 1020 g/mol. The van der Waals surface area contributed by atoms with E-state index in [2.05, 4.69) is 20.4 Å². The van der Waals surface area contributed by atoms with E-state index in [1.807, 2.05) is 0 Å². The summed E-state index contributed by atoms with van der Waals surface area (Å²) in [5.74, 6) is -1.12. The van der Waals surface area contributed by atoms with Gasteiger partial charge in [-0.2, -0.15) is 46.7 Å². The number of aliphatic hydroxyl groups excluding tert-OH is 1. The Morgan fingerprint density at radius 1 is 0.655 bits per heavy atom. The Kier molecular flexibility index (Phi) is 12.9. The maximum atomic E-state index is 13.4. The highest BCUT2D eigenvalue weighted by Gasteiger charge is 2.37. The summed E-state index contributed by atoms with van der Waals surface area (Å²) in [6.45, 7) is -1.33. The summed E-state index contributed by atoms with van der Waals surface area (Å²) in [7, 11) is 0. The van der Waals surface area contributed by atoms with Gasteiger partial charge in [-0.15, -0.1) is 0 Å². The molecule has 4 aromatic heterocycles. The summed E-state index contributed by atoms with van der Waals surface area (Å²) in [6, 6.07) is 8.52. The lowest BCUT2D eigenvalue weighted by Crippen LogP contribution is -2.11. The first kappa shape index (κ1) is 42.0. The zero-order valence-electron chi connectivity index (χ0n) is 27.1. The van der Waals surface area contributed by atoms with E-state index in [0.29, 0.717) is 15.2 Å². The lowest BCUT2D eigenvalue weighted by molar-refractivity contribution is -0.142. The van der Waals surface area contributed by atoms with Crippen LogP contribution in [0.15, 0.2) is 73.3 Å². The molecule has 0 aliphatic heterocycles. The van der Waals surface area contributed by atoms with Crippen molar-refractivity contribution < 1.29 is 57.8 Å². The minimum atomic E-state index is -4.79. The molecule has 9 nitrogen and oxygen atoms in total. The summed E-state index contributed by atoms with van der Waals surface area (Å²) >= 11 is 3.53. The normalized spacial score (nSPS) is 12.7. The van der Waals surface area contributed by atoms with Gasteiger partial charge in [-0.05, 0) is 99.3 Å². The Morgan fingerprint density at radius 2 is 1.15 bits per heavy atom. The third-order valence-electron chi connectivity index (χ3n) is 7.35. The molecule has 0 aliphatic carbocycles. The van der Waals surface area contributed by atoms with Gasteiger partial charge in [-0.25, -0.2) is 35.7 Å². The molecule has 23 heteroatoms. The number of hydrogen-bond acceptors (Lipinski definition) is 5. The SMILES string of the molecule is Fc1ccc(-n2nc(C(F)(F)F)cc2Cc2cnn(CC(F)F)c2)c(I)c1.OC(c1cnn(CC(F)F)c1)c1cc(C(F)(F)F)nn1-c1ccc(F)cc1I. The second-order valence-electron chi connectivity index (χ2n) is 11.4. The van der Waals surface area contributed by atoms with Gasteiger partial charge in [0.05, 0.1) is 29.5 Å². The molecule has 0 radical (unpaired) electrons. The predicted octanol–water partition coefficient (Wildman–Crippen LogP) is 8.87. The van der Waals surface area contributed by atoms with Gasteiger partial charge >= 0.3 is 12.4 Å². The van der Waals surface area contributed by atoms with Gasteiger partial charge in [-0.1, -0.05) is 0 Å². The van der Waals surface area contributed by atoms with Gasteiger partial charge in [0, 0.05) is 37.2 Å². The molecule has 0 fully saturated rings. The van der Waals surface area contributed by atoms with Crippen LogP contribution in [0, 0.1) is 18.8 Å². The Balaban J connectivity index is 0.000000211. The summed E-state index contributed by atoms with van der Waals surface area (Å²) in [6.07, 6.45) is -11.5. The molecular weight excluding hydrogens is 994 g/mol. The molecule has 0 saturated heterocycles. The van der Waals surface area contributed by atoms with Crippen LogP contribution >= 0.6 is 45.2 Å². The molecule has 0 aliphatic rings. The molecule has 0 amide bonds. The topological polar surface area (TPSA) is 91.5 Å². The smallest absolute Gasteiger partial charge is 0.382 e. The van der Waals surface area contributed by atoms with Crippen LogP contribution in [0.25, 0.3) is 11.4 Å².